The van der Waals surface area contributed by atoms with Crippen LogP contribution in [0.3, 0.4) is 0 Å². The molecule has 0 atom stereocenters. The van der Waals surface area contributed by atoms with Gasteiger partial charge in [0.1, 0.15) is 0 Å². The quantitative estimate of drug-likeness (QED) is 0.741. The van der Waals surface area contributed by atoms with Gasteiger partial charge in [-0.2, -0.15) is 17.9 Å². The smallest absolute Gasteiger partial charge is 0.219 e. The molecule has 0 bridgehead atoms. The van der Waals surface area contributed by atoms with E-state index in [1.807, 2.05) is 0 Å². The van der Waals surface area contributed by atoms with Gasteiger partial charge in [0.25, 0.3) is 5.95 Å². The van der Waals surface area contributed by atoms with Gasteiger partial charge in [0.2, 0.25) is 0 Å². The number of rotatable bonds is 1. The summed E-state index contributed by atoms with van der Waals surface area (Å²) < 4.78 is 37.6. The number of nitrogens with zero attached hydrogens (tertiary/aromatic N) is 5. The van der Waals surface area contributed by atoms with Gasteiger partial charge in [-0.1, -0.05) is 5.21 Å². The maximum Gasteiger partial charge on any atom is 0.436 e. The first-order valence-corrected chi connectivity index (χ1v) is 4.25. The van der Waals surface area contributed by atoms with Crippen molar-refractivity contribution >= 4 is 0 Å². The van der Waals surface area contributed by atoms with Crippen molar-refractivity contribution in [1.82, 2.24) is 25.0 Å². The van der Waals surface area contributed by atoms with Crippen LogP contribution in [-0.4, -0.2) is 25.0 Å². The lowest BCUT2D eigenvalue weighted by Crippen LogP contribution is -2.05. The molecule has 0 aromatic carbocycles. The molecule has 0 amide bonds. The maximum atomic E-state index is 12.2. The molecule has 16 heavy (non-hydrogen) atoms. The lowest BCUT2D eigenvalue weighted by molar-refractivity contribution is -0.141. The molecule has 0 aliphatic heterocycles. The Balaban J connectivity index is 2.35. The van der Waals surface area contributed by atoms with E-state index < -0.39 is 11.9 Å². The Bertz CT molecular complexity index is 487. The molecule has 0 radical (unpaired) electrons. The Kier molecular flexibility index (Phi) is 2.33. The Labute approximate surface area is 87.9 Å². The number of hydrogen-bond donors (Lipinski definition) is 0. The number of hydrogen-bond acceptors (Lipinski definition) is 4. The molecule has 2 aromatic rings. The summed E-state index contributed by atoms with van der Waals surface area (Å²) in [5, 5.41) is 6.30. The van der Waals surface area contributed by atoms with Crippen molar-refractivity contribution in [3.63, 3.8) is 0 Å². The van der Waals surface area contributed by atoms with Gasteiger partial charge in [-0.15, -0.1) is 5.10 Å². The summed E-state index contributed by atoms with van der Waals surface area (Å²) in [5.41, 5.74) is -0.267. The van der Waals surface area contributed by atoms with Gasteiger partial charge in [0, 0.05) is 12.4 Å². The fraction of sp³-hybridized carbons (Fsp3) is 0.250. The van der Waals surface area contributed by atoms with Crippen LogP contribution in [0.2, 0.25) is 0 Å². The fourth-order valence-electron chi connectivity index (χ4n) is 0.996. The van der Waals surface area contributed by atoms with Gasteiger partial charge in [-0.3, -0.25) is 0 Å². The van der Waals surface area contributed by atoms with Crippen LogP contribution >= 0.6 is 0 Å². The molecule has 2 aromatic heterocycles. The number of halogens is 3. The molecule has 84 valence electrons. The average Bonchev–Trinajstić information content (AvgIpc) is 2.67. The minimum atomic E-state index is -4.51. The van der Waals surface area contributed by atoms with Crippen molar-refractivity contribution in [2.45, 2.75) is 13.1 Å². The summed E-state index contributed by atoms with van der Waals surface area (Å²) in [6.45, 7) is 1.77. The monoisotopic (exact) mass is 229 g/mol. The van der Waals surface area contributed by atoms with Gasteiger partial charge >= 0.3 is 6.18 Å². The molecule has 0 aliphatic rings. The highest BCUT2D eigenvalue weighted by molar-refractivity contribution is 5.13. The molecule has 0 unspecified atom stereocenters. The van der Waals surface area contributed by atoms with Crippen LogP contribution in [0.5, 0.6) is 0 Å². The van der Waals surface area contributed by atoms with E-state index in [4.69, 9.17) is 0 Å². The van der Waals surface area contributed by atoms with Crippen molar-refractivity contribution in [2.75, 3.05) is 0 Å². The Morgan fingerprint density at radius 1 is 1.19 bits per heavy atom. The van der Waals surface area contributed by atoms with Crippen LogP contribution in [0.15, 0.2) is 18.6 Å². The molecule has 0 saturated carbocycles. The Morgan fingerprint density at radius 3 is 2.31 bits per heavy atom. The fourth-order valence-corrected chi connectivity index (χ4v) is 0.996. The lowest BCUT2D eigenvalue weighted by atomic mass is 10.4. The second kappa shape index (κ2) is 3.54. The van der Waals surface area contributed by atoms with Gasteiger partial charge < -0.3 is 0 Å². The molecular weight excluding hydrogens is 223 g/mol. The van der Waals surface area contributed by atoms with Crippen molar-refractivity contribution in [3.05, 3.63) is 29.8 Å². The zero-order valence-electron chi connectivity index (χ0n) is 8.10. The van der Waals surface area contributed by atoms with Gasteiger partial charge in [-0.05, 0) is 12.5 Å². The molecule has 8 heteroatoms. The average molecular weight is 229 g/mol. The minimum absolute atomic E-state index is 0.0496. The third-order valence-electron chi connectivity index (χ3n) is 1.76. The van der Waals surface area contributed by atoms with Gasteiger partial charge in [-0.25, -0.2) is 9.97 Å². The number of aromatic nitrogens is 5. The second-order valence-corrected chi connectivity index (χ2v) is 3.11. The SMILES string of the molecule is Cc1cnc(-n2cc(C(F)(F)F)nn2)nc1. The zero-order valence-corrected chi connectivity index (χ0v) is 8.10. The Morgan fingerprint density at radius 2 is 1.81 bits per heavy atom. The first kappa shape index (κ1) is 10.5. The molecular formula is C8H6F3N5. The highest BCUT2D eigenvalue weighted by Crippen LogP contribution is 2.26. The molecule has 0 spiro atoms. The molecule has 0 N–H and O–H groups in total. The van der Waals surface area contributed by atoms with Crippen LogP contribution in [0.25, 0.3) is 5.95 Å². The normalized spacial score (nSPS) is 11.8. The van der Waals surface area contributed by atoms with Gasteiger partial charge in [0.15, 0.2) is 5.69 Å². The standard InChI is InChI=1S/C8H6F3N5/c1-5-2-12-7(13-3-5)16-4-6(14-15-16)8(9,10)11/h2-4H,1H3. The predicted octanol–water partition coefficient (Wildman–Crippen LogP) is 1.38. The third kappa shape index (κ3) is 2.00. The zero-order chi connectivity index (χ0) is 11.8. The van der Waals surface area contributed by atoms with Crippen LogP contribution in [0, 0.1) is 6.92 Å². The van der Waals surface area contributed by atoms with Crippen molar-refractivity contribution in [1.29, 1.82) is 0 Å². The summed E-state index contributed by atoms with van der Waals surface area (Å²) in [4.78, 5) is 7.65. The van der Waals surface area contributed by atoms with E-state index in [0.717, 1.165) is 16.4 Å². The summed E-state index contributed by atoms with van der Waals surface area (Å²) in [5.74, 6) is 0.0496. The van der Waals surface area contributed by atoms with Crippen LogP contribution < -0.4 is 0 Å². The van der Waals surface area contributed by atoms with E-state index in [-0.39, 0.29) is 5.95 Å². The lowest BCUT2D eigenvalue weighted by Gasteiger charge is -1.99. The first-order valence-electron chi connectivity index (χ1n) is 4.25. The van der Waals surface area contributed by atoms with E-state index in [1.54, 1.807) is 6.92 Å². The molecule has 5 nitrogen and oxygen atoms in total. The second-order valence-electron chi connectivity index (χ2n) is 3.11. The molecule has 0 aliphatic carbocycles. The maximum absolute atomic E-state index is 12.2. The summed E-state index contributed by atoms with van der Waals surface area (Å²) in [6, 6.07) is 0. The highest BCUT2D eigenvalue weighted by Gasteiger charge is 2.34. The van der Waals surface area contributed by atoms with Crippen molar-refractivity contribution in [2.24, 2.45) is 0 Å². The Hall–Kier alpha value is -1.99. The molecule has 2 heterocycles. The molecule has 0 fully saturated rings. The van der Waals surface area contributed by atoms with E-state index in [2.05, 4.69) is 20.3 Å². The van der Waals surface area contributed by atoms with Crippen LogP contribution in [-0.2, 0) is 6.18 Å². The molecule has 0 saturated heterocycles. The number of aryl methyl sites for hydroxylation is 1. The van der Waals surface area contributed by atoms with Crippen LogP contribution in [0.4, 0.5) is 13.2 Å². The van der Waals surface area contributed by atoms with E-state index >= 15 is 0 Å². The van der Waals surface area contributed by atoms with Crippen molar-refractivity contribution < 1.29 is 13.2 Å². The van der Waals surface area contributed by atoms with Crippen LogP contribution in [0.1, 0.15) is 11.3 Å². The van der Waals surface area contributed by atoms with E-state index in [9.17, 15) is 13.2 Å². The third-order valence-corrected chi connectivity index (χ3v) is 1.76. The summed E-state index contributed by atoms with van der Waals surface area (Å²) in [6.07, 6.45) is -0.803. The van der Waals surface area contributed by atoms with Gasteiger partial charge in [0.05, 0.1) is 6.20 Å². The predicted molar refractivity (Wildman–Crippen MR) is 46.7 cm³/mol. The topological polar surface area (TPSA) is 56.5 Å². The minimum Gasteiger partial charge on any atom is -0.219 e. The van der Waals surface area contributed by atoms with Crippen molar-refractivity contribution in [3.8, 4) is 5.95 Å². The summed E-state index contributed by atoms with van der Waals surface area (Å²) in [7, 11) is 0. The van der Waals surface area contributed by atoms with E-state index in [0.29, 0.717) is 0 Å². The van der Waals surface area contributed by atoms with E-state index in [1.165, 1.54) is 12.4 Å². The first-order chi connectivity index (χ1) is 7.47. The largest absolute Gasteiger partial charge is 0.436 e. The highest BCUT2D eigenvalue weighted by atomic mass is 19.4. The summed E-state index contributed by atoms with van der Waals surface area (Å²) >= 11 is 0. The number of alkyl halides is 3. The molecule has 2 rings (SSSR count).